The fourth-order valence-corrected chi connectivity index (χ4v) is 2.14. The van der Waals surface area contributed by atoms with Gasteiger partial charge in [-0.1, -0.05) is 0 Å². The van der Waals surface area contributed by atoms with Gasteiger partial charge in [0, 0.05) is 6.42 Å². The molecule has 1 aliphatic heterocycles. The molecule has 0 saturated carbocycles. The Kier molecular flexibility index (Phi) is 3.28. The molecule has 2 aromatic rings. The minimum absolute atomic E-state index is 0.00958. The molecule has 0 spiro atoms. The molecule has 104 valence electrons. The monoisotopic (exact) mass is 276 g/mol. The third-order valence-electron chi connectivity index (χ3n) is 3.11. The fraction of sp³-hybridized carbons (Fsp3) is 0.333. The molecule has 0 aromatic carbocycles. The summed E-state index contributed by atoms with van der Waals surface area (Å²) in [6, 6.07) is 2.28. The summed E-state index contributed by atoms with van der Waals surface area (Å²) >= 11 is 0. The number of hydrogen-bond acceptors (Lipinski definition) is 4. The molecule has 1 aliphatic rings. The Labute approximate surface area is 114 Å². The van der Waals surface area contributed by atoms with Gasteiger partial charge in [0.1, 0.15) is 23.8 Å². The van der Waals surface area contributed by atoms with Crippen molar-refractivity contribution in [3.8, 4) is 0 Å². The highest BCUT2D eigenvalue weighted by Crippen LogP contribution is 2.11. The van der Waals surface area contributed by atoms with Crippen LogP contribution in [0.3, 0.4) is 0 Å². The molecule has 1 atom stereocenters. The van der Waals surface area contributed by atoms with E-state index in [4.69, 9.17) is 0 Å². The van der Waals surface area contributed by atoms with Gasteiger partial charge in [0.2, 0.25) is 0 Å². The van der Waals surface area contributed by atoms with Gasteiger partial charge in [0.15, 0.2) is 0 Å². The van der Waals surface area contributed by atoms with Gasteiger partial charge in [0.25, 0.3) is 0 Å². The van der Waals surface area contributed by atoms with Crippen LogP contribution < -0.4 is 10.6 Å². The summed E-state index contributed by atoms with van der Waals surface area (Å²) in [5.41, 5.74) is 0. The number of anilines is 1. The maximum Gasteiger partial charge on any atom is 0.320 e. The SMILES string of the molecule is O=C(Nc1ccc(F)cn1)N[C@@H]1CCc2ncnn2C1. The molecule has 0 unspecified atom stereocenters. The number of carbonyl (C=O) groups is 1. The molecule has 2 N–H and O–H groups in total. The number of pyridine rings is 1. The number of amides is 2. The van der Waals surface area contributed by atoms with Gasteiger partial charge in [-0.25, -0.2) is 23.8 Å². The van der Waals surface area contributed by atoms with Crippen LogP contribution in [0.25, 0.3) is 0 Å². The molecule has 3 rings (SSSR count). The Morgan fingerprint density at radius 3 is 3.10 bits per heavy atom. The lowest BCUT2D eigenvalue weighted by molar-refractivity contribution is 0.243. The van der Waals surface area contributed by atoms with Crippen LogP contribution in [-0.2, 0) is 13.0 Å². The predicted molar refractivity (Wildman–Crippen MR) is 68.5 cm³/mol. The van der Waals surface area contributed by atoms with E-state index in [1.54, 1.807) is 4.68 Å². The summed E-state index contributed by atoms with van der Waals surface area (Å²) in [6.07, 6.45) is 4.15. The summed E-state index contributed by atoms with van der Waals surface area (Å²) in [4.78, 5) is 19.7. The minimum atomic E-state index is -0.443. The Hall–Kier alpha value is -2.51. The first-order valence-electron chi connectivity index (χ1n) is 6.26. The standard InChI is InChI=1S/C12H13FN6O/c13-8-1-3-10(14-5-8)18-12(20)17-9-2-4-11-15-7-16-19(11)6-9/h1,3,5,7,9H,2,4,6H2,(H2,14,17,18,20)/t9-/m1/s1. The number of rotatable bonds is 2. The number of aromatic nitrogens is 4. The van der Waals surface area contributed by atoms with Crippen molar-refractivity contribution in [2.24, 2.45) is 0 Å². The molecule has 3 heterocycles. The first-order valence-corrected chi connectivity index (χ1v) is 6.26. The first kappa shape index (κ1) is 12.5. The van der Waals surface area contributed by atoms with Crippen LogP contribution in [0.2, 0.25) is 0 Å². The van der Waals surface area contributed by atoms with Crippen LogP contribution in [0, 0.1) is 5.82 Å². The van der Waals surface area contributed by atoms with E-state index in [0.29, 0.717) is 12.4 Å². The second-order valence-corrected chi connectivity index (χ2v) is 4.55. The Morgan fingerprint density at radius 1 is 1.40 bits per heavy atom. The van der Waals surface area contributed by atoms with Crippen molar-refractivity contribution in [3.05, 3.63) is 36.3 Å². The third-order valence-corrected chi connectivity index (χ3v) is 3.11. The highest BCUT2D eigenvalue weighted by Gasteiger charge is 2.21. The summed E-state index contributed by atoms with van der Waals surface area (Å²) in [6.45, 7) is 0.597. The predicted octanol–water partition coefficient (Wildman–Crippen LogP) is 0.949. The highest BCUT2D eigenvalue weighted by atomic mass is 19.1. The maximum absolute atomic E-state index is 12.7. The lowest BCUT2D eigenvalue weighted by Crippen LogP contribution is -2.43. The average molecular weight is 276 g/mol. The maximum atomic E-state index is 12.7. The van der Waals surface area contributed by atoms with E-state index in [-0.39, 0.29) is 12.1 Å². The van der Waals surface area contributed by atoms with Gasteiger partial charge in [-0.2, -0.15) is 5.10 Å². The summed E-state index contributed by atoms with van der Waals surface area (Å²) < 4.78 is 14.5. The van der Waals surface area contributed by atoms with E-state index in [9.17, 15) is 9.18 Å². The topological polar surface area (TPSA) is 84.7 Å². The van der Waals surface area contributed by atoms with Crippen molar-refractivity contribution in [3.63, 3.8) is 0 Å². The van der Waals surface area contributed by atoms with Crippen molar-refractivity contribution in [2.75, 3.05) is 5.32 Å². The lowest BCUT2D eigenvalue weighted by Gasteiger charge is -2.23. The molecule has 0 aliphatic carbocycles. The number of hydrogen-bond donors (Lipinski definition) is 2. The second-order valence-electron chi connectivity index (χ2n) is 4.55. The smallest absolute Gasteiger partial charge is 0.320 e. The number of nitrogens with zero attached hydrogens (tertiary/aromatic N) is 4. The third kappa shape index (κ3) is 2.73. The van der Waals surface area contributed by atoms with E-state index < -0.39 is 5.82 Å². The zero-order chi connectivity index (χ0) is 13.9. The number of halogens is 1. The van der Waals surface area contributed by atoms with Crippen LogP contribution in [-0.4, -0.2) is 31.8 Å². The molecule has 2 amide bonds. The summed E-state index contributed by atoms with van der Waals surface area (Å²) in [5, 5.41) is 9.49. The quantitative estimate of drug-likeness (QED) is 0.855. The van der Waals surface area contributed by atoms with Gasteiger partial charge in [-0.15, -0.1) is 0 Å². The lowest BCUT2D eigenvalue weighted by atomic mass is 10.1. The zero-order valence-corrected chi connectivity index (χ0v) is 10.6. The van der Waals surface area contributed by atoms with Gasteiger partial charge in [0.05, 0.1) is 18.8 Å². The average Bonchev–Trinajstić information content (AvgIpc) is 2.89. The Balaban J connectivity index is 1.56. The van der Waals surface area contributed by atoms with Crippen LogP contribution in [0.4, 0.5) is 15.0 Å². The molecule has 0 saturated heterocycles. The van der Waals surface area contributed by atoms with E-state index in [1.807, 2.05) is 0 Å². The van der Waals surface area contributed by atoms with Crippen LogP contribution in [0.5, 0.6) is 0 Å². The molecule has 0 fully saturated rings. The van der Waals surface area contributed by atoms with Gasteiger partial charge < -0.3 is 5.32 Å². The second kappa shape index (κ2) is 5.24. The molecule has 8 heteroatoms. The van der Waals surface area contributed by atoms with Crippen LogP contribution >= 0.6 is 0 Å². The molecule has 0 radical (unpaired) electrons. The van der Waals surface area contributed by atoms with Crippen LogP contribution in [0.1, 0.15) is 12.2 Å². The largest absolute Gasteiger partial charge is 0.333 e. The minimum Gasteiger partial charge on any atom is -0.333 e. The highest BCUT2D eigenvalue weighted by molar-refractivity contribution is 5.88. The van der Waals surface area contributed by atoms with E-state index >= 15 is 0 Å². The molecule has 20 heavy (non-hydrogen) atoms. The van der Waals surface area contributed by atoms with Crippen LogP contribution in [0.15, 0.2) is 24.7 Å². The van der Waals surface area contributed by atoms with Crippen molar-refractivity contribution < 1.29 is 9.18 Å². The van der Waals surface area contributed by atoms with E-state index in [1.165, 1.54) is 18.5 Å². The molecule has 2 aromatic heterocycles. The molecular weight excluding hydrogens is 263 g/mol. The molecule has 0 bridgehead atoms. The summed E-state index contributed by atoms with van der Waals surface area (Å²) in [5.74, 6) is 0.798. The summed E-state index contributed by atoms with van der Waals surface area (Å²) in [7, 11) is 0. The number of nitrogens with one attached hydrogen (secondary N) is 2. The number of carbonyl (C=O) groups excluding carboxylic acids is 1. The molecular formula is C12H13FN6O. The van der Waals surface area contributed by atoms with Crippen molar-refractivity contribution >= 4 is 11.8 Å². The van der Waals surface area contributed by atoms with E-state index in [2.05, 4.69) is 25.7 Å². The first-order chi connectivity index (χ1) is 9.70. The van der Waals surface area contributed by atoms with Crippen molar-refractivity contribution in [1.82, 2.24) is 25.1 Å². The van der Waals surface area contributed by atoms with Gasteiger partial charge in [-0.3, -0.25) is 5.32 Å². The number of fused-ring (bicyclic) bond motifs is 1. The zero-order valence-electron chi connectivity index (χ0n) is 10.6. The van der Waals surface area contributed by atoms with E-state index in [0.717, 1.165) is 24.9 Å². The molecule has 7 nitrogen and oxygen atoms in total. The number of urea groups is 1. The van der Waals surface area contributed by atoms with Crippen molar-refractivity contribution in [1.29, 1.82) is 0 Å². The van der Waals surface area contributed by atoms with Crippen molar-refractivity contribution in [2.45, 2.75) is 25.4 Å². The number of aryl methyl sites for hydroxylation is 1. The Bertz CT molecular complexity index is 611. The normalized spacial score (nSPS) is 17.4. The fourth-order valence-electron chi connectivity index (χ4n) is 2.14. The Morgan fingerprint density at radius 2 is 2.30 bits per heavy atom. The van der Waals surface area contributed by atoms with Gasteiger partial charge >= 0.3 is 6.03 Å². The van der Waals surface area contributed by atoms with Gasteiger partial charge in [-0.05, 0) is 18.6 Å².